The summed E-state index contributed by atoms with van der Waals surface area (Å²) in [6.07, 6.45) is 0. The van der Waals surface area contributed by atoms with Gasteiger partial charge in [0.25, 0.3) is 0 Å². The van der Waals surface area contributed by atoms with Gasteiger partial charge in [0.15, 0.2) is 5.78 Å². The van der Waals surface area contributed by atoms with Crippen molar-refractivity contribution in [3.63, 3.8) is 0 Å². The standard InChI is InChI=1S/C19H22N2O3S/c1-15(22)17-9-6-10-18(13-17)25(23,24)21-12-11-20(2)14-19(21)16-7-4-3-5-8-16/h3-10,13,19H,11-12,14H2,1-2H3/t19-/m1/s1. The Balaban J connectivity index is 2.02. The lowest BCUT2D eigenvalue weighted by molar-refractivity contribution is 0.101. The molecular weight excluding hydrogens is 336 g/mol. The molecule has 3 rings (SSSR count). The summed E-state index contributed by atoms with van der Waals surface area (Å²) in [5.74, 6) is -0.143. The van der Waals surface area contributed by atoms with E-state index >= 15 is 0 Å². The maximum absolute atomic E-state index is 13.2. The summed E-state index contributed by atoms with van der Waals surface area (Å²) in [5, 5.41) is 0. The normalized spacial score (nSPS) is 19.7. The molecule has 5 nitrogen and oxygen atoms in total. The summed E-state index contributed by atoms with van der Waals surface area (Å²) in [5.41, 5.74) is 1.38. The van der Waals surface area contributed by atoms with Crippen LogP contribution in [0.4, 0.5) is 0 Å². The summed E-state index contributed by atoms with van der Waals surface area (Å²) in [6, 6.07) is 15.7. The van der Waals surface area contributed by atoms with Crippen molar-refractivity contribution >= 4 is 15.8 Å². The van der Waals surface area contributed by atoms with Crippen molar-refractivity contribution in [1.29, 1.82) is 0 Å². The van der Waals surface area contributed by atoms with Crippen LogP contribution in [0.25, 0.3) is 0 Å². The number of ketones is 1. The molecule has 0 saturated carbocycles. The van der Waals surface area contributed by atoms with Gasteiger partial charge in [-0.15, -0.1) is 0 Å². The Kier molecular flexibility index (Phi) is 5.03. The van der Waals surface area contributed by atoms with Gasteiger partial charge in [0, 0.05) is 25.2 Å². The minimum absolute atomic E-state index is 0.143. The minimum atomic E-state index is -3.68. The average Bonchev–Trinajstić information content (AvgIpc) is 2.62. The number of hydrogen-bond acceptors (Lipinski definition) is 4. The number of likely N-dealkylation sites (N-methyl/N-ethyl adjacent to an activating group) is 1. The molecule has 25 heavy (non-hydrogen) atoms. The zero-order valence-corrected chi connectivity index (χ0v) is 15.2. The first kappa shape index (κ1) is 17.8. The molecule has 0 amide bonds. The van der Waals surface area contributed by atoms with Crippen LogP contribution in [0.5, 0.6) is 0 Å². The Hall–Kier alpha value is -2.02. The molecule has 0 unspecified atom stereocenters. The highest BCUT2D eigenvalue weighted by molar-refractivity contribution is 7.89. The van der Waals surface area contributed by atoms with E-state index in [0.717, 1.165) is 5.56 Å². The largest absolute Gasteiger partial charge is 0.303 e. The van der Waals surface area contributed by atoms with Crippen molar-refractivity contribution in [1.82, 2.24) is 9.21 Å². The van der Waals surface area contributed by atoms with Gasteiger partial charge in [-0.2, -0.15) is 4.31 Å². The van der Waals surface area contributed by atoms with Crippen LogP contribution in [-0.2, 0) is 10.0 Å². The van der Waals surface area contributed by atoms with Gasteiger partial charge >= 0.3 is 0 Å². The first-order valence-corrected chi connectivity index (χ1v) is 9.70. The Morgan fingerprint density at radius 3 is 2.44 bits per heavy atom. The predicted molar refractivity (Wildman–Crippen MR) is 97.0 cm³/mol. The summed E-state index contributed by atoms with van der Waals surface area (Å²) in [6.45, 7) is 3.17. The smallest absolute Gasteiger partial charge is 0.243 e. The first-order valence-electron chi connectivity index (χ1n) is 8.26. The maximum atomic E-state index is 13.2. The Morgan fingerprint density at radius 2 is 1.76 bits per heavy atom. The van der Waals surface area contributed by atoms with Crippen LogP contribution in [0.3, 0.4) is 0 Å². The van der Waals surface area contributed by atoms with Crippen LogP contribution in [0.1, 0.15) is 28.9 Å². The van der Waals surface area contributed by atoms with E-state index in [9.17, 15) is 13.2 Å². The van der Waals surface area contributed by atoms with Crippen molar-refractivity contribution in [3.05, 3.63) is 65.7 Å². The molecule has 2 aromatic carbocycles. The van der Waals surface area contributed by atoms with Crippen LogP contribution >= 0.6 is 0 Å². The van der Waals surface area contributed by atoms with Gasteiger partial charge in [0.1, 0.15) is 0 Å². The number of nitrogens with zero attached hydrogens (tertiary/aromatic N) is 2. The van der Waals surface area contributed by atoms with Crippen LogP contribution in [0, 0.1) is 0 Å². The molecule has 132 valence electrons. The number of carbonyl (C=O) groups excluding carboxylic acids is 1. The molecular formula is C19H22N2O3S. The number of benzene rings is 2. The van der Waals surface area contributed by atoms with E-state index in [0.29, 0.717) is 25.2 Å². The van der Waals surface area contributed by atoms with Gasteiger partial charge in [-0.05, 0) is 31.7 Å². The number of rotatable bonds is 4. The fourth-order valence-electron chi connectivity index (χ4n) is 3.15. The molecule has 1 aliphatic rings. The van der Waals surface area contributed by atoms with Crippen LogP contribution in [0.15, 0.2) is 59.5 Å². The highest BCUT2D eigenvalue weighted by Crippen LogP contribution is 2.31. The van der Waals surface area contributed by atoms with Crippen LogP contribution < -0.4 is 0 Å². The molecule has 1 heterocycles. The quantitative estimate of drug-likeness (QED) is 0.788. The van der Waals surface area contributed by atoms with E-state index in [4.69, 9.17) is 0 Å². The van der Waals surface area contributed by atoms with E-state index in [1.807, 2.05) is 37.4 Å². The summed E-state index contributed by atoms with van der Waals surface area (Å²) in [7, 11) is -1.69. The third-order valence-corrected chi connectivity index (χ3v) is 6.47. The molecule has 6 heteroatoms. The fourth-order valence-corrected chi connectivity index (χ4v) is 4.79. The summed E-state index contributed by atoms with van der Waals surface area (Å²) >= 11 is 0. The van der Waals surface area contributed by atoms with Gasteiger partial charge in [0.05, 0.1) is 10.9 Å². The van der Waals surface area contributed by atoms with Crippen LogP contribution in [-0.4, -0.2) is 50.1 Å². The molecule has 0 aromatic heterocycles. The number of piperazine rings is 1. The fraction of sp³-hybridized carbons (Fsp3) is 0.316. The predicted octanol–water partition coefficient (Wildman–Crippen LogP) is 2.57. The van der Waals surface area contributed by atoms with Gasteiger partial charge in [0.2, 0.25) is 10.0 Å². The molecule has 1 atom stereocenters. The van der Waals surface area contributed by atoms with Crippen molar-refractivity contribution in [2.75, 3.05) is 26.7 Å². The Morgan fingerprint density at radius 1 is 1.04 bits per heavy atom. The maximum Gasteiger partial charge on any atom is 0.243 e. The monoisotopic (exact) mass is 358 g/mol. The highest BCUT2D eigenvalue weighted by Gasteiger charge is 2.36. The Bertz CT molecular complexity index is 865. The first-order chi connectivity index (χ1) is 11.9. The van der Waals surface area contributed by atoms with E-state index in [2.05, 4.69) is 4.90 Å². The molecule has 0 radical (unpaired) electrons. The van der Waals surface area contributed by atoms with Gasteiger partial charge in [-0.1, -0.05) is 42.5 Å². The third kappa shape index (κ3) is 3.66. The lowest BCUT2D eigenvalue weighted by Crippen LogP contribution is -2.49. The number of sulfonamides is 1. The SMILES string of the molecule is CC(=O)c1cccc(S(=O)(=O)N2CCN(C)C[C@@H]2c2ccccc2)c1. The third-order valence-electron chi connectivity index (χ3n) is 4.57. The summed E-state index contributed by atoms with van der Waals surface area (Å²) < 4.78 is 28.1. The van der Waals surface area contributed by atoms with E-state index in [-0.39, 0.29) is 16.7 Å². The molecule has 1 fully saturated rings. The molecule has 0 bridgehead atoms. The highest BCUT2D eigenvalue weighted by atomic mass is 32.2. The second-order valence-corrected chi connectivity index (χ2v) is 8.28. The van der Waals surface area contributed by atoms with Crippen molar-refractivity contribution in [2.45, 2.75) is 17.9 Å². The molecule has 0 spiro atoms. The minimum Gasteiger partial charge on any atom is -0.303 e. The van der Waals surface area contributed by atoms with Crippen molar-refractivity contribution in [3.8, 4) is 0 Å². The van der Waals surface area contributed by atoms with Crippen molar-refractivity contribution < 1.29 is 13.2 Å². The molecule has 0 N–H and O–H groups in total. The number of Topliss-reactive ketones (excluding diaryl/α,β-unsaturated/α-hetero) is 1. The number of carbonyl (C=O) groups is 1. The van der Waals surface area contributed by atoms with Gasteiger partial charge in [-0.25, -0.2) is 8.42 Å². The second kappa shape index (κ2) is 7.07. The molecule has 0 aliphatic carbocycles. The zero-order valence-electron chi connectivity index (χ0n) is 14.4. The zero-order chi connectivity index (χ0) is 18.0. The van der Waals surface area contributed by atoms with E-state index < -0.39 is 10.0 Å². The number of hydrogen-bond donors (Lipinski definition) is 0. The molecule has 2 aromatic rings. The summed E-state index contributed by atoms with van der Waals surface area (Å²) in [4.78, 5) is 13.9. The van der Waals surface area contributed by atoms with Gasteiger partial charge in [-0.3, -0.25) is 4.79 Å². The lowest BCUT2D eigenvalue weighted by Gasteiger charge is -2.39. The second-order valence-electron chi connectivity index (χ2n) is 6.39. The Labute approximate surface area is 148 Å². The van der Waals surface area contributed by atoms with Crippen LogP contribution in [0.2, 0.25) is 0 Å². The topological polar surface area (TPSA) is 57.7 Å². The molecule has 1 saturated heterocycles. The van der Waals surface area contributed by atoms with E-state index in [1.165, 1.54) is 13.0 Å². The van der Waals surface area contributed by atoms with E-state index in [1.54, 1.807) is 22.5 Å². The molecule has 1 aliphatic heterocycles. The van der Waals surface area contributed by atoms with Gasteiger partial charge < -0.3 is 4.90 Å². The lowest BCUT2D eigenvalue weighted by atomic mass is 10.1. The van der Waals surface area contributed by atoms with Crippen molar-refractivity contribution in [2.24, 2.45) is 0 Å². The average molecular weight is 358 g/mol.